The second-order valence-corrected chi connectivity index (χ2v) is 8.61. The van der Waals surface area contributed by atoms with Gasteiger partial charge in [-0.05, 0) is 25.0 Å². The molecular formula is C19H27ClN4O3S. The lowest BCUT2D eigenvalue weighted by atomic mass is 9.96. The topological polar surface area (TPSA) is 87.8 Å². The zero-order valence-corrected chi connectivity index (χ0v) is 17.8. The first kappa shape index (κ1) is 22.5. The molecule has 154 valence electrons. The van der Waals surface area contributed by atoms with Crippen molar-refractivity contribution in [1.29, 1.82) is 0 Å². The molecule has 1 amide bonds. The lowest BCUT2D eigenvalue weighted by molar-refractivity contribution is -0.384. The highest BCUT2D eigenvalue weighted by atomic mass is 35.5. The number of nitro groups is 1. The van der Waals surface area contributed by atoms with Crippen molar-refractivity contribution in [1.82, 2.24) is 4.90 Å². The number of amides is 1. The summed E-state index contributed by atoms with van der Waals surface area (Å²) in [4.78, 5) is 29.8. The first-order chi connectivity index (χ1) is 12.9. The summed E-state index contributed by atoms with van der Waals surface area (Å²) >= 11 is 1.75. The fourth-order valence-electron chi connectivity index (χ4n) is 3.64. The zero-order valence-electron chi connectivity index (χ0n) is 16.2. The number of thioether (sulfide) groups is 1. The van der Waals surface area contributed by atoms with Crippen LogP contribution in [0.4, 0.5) is 11.4 Å². The molecule has 3 rings (SSSR count). The standard InChI is InChI=1S/C19H26N4O3S.ClH/c1-13-17(22(2)19(27-13)21-14-6-4-3-5-7-14)12-18(24)20-15-8-10-16(11-9-15)23(25)26;/h8-11,13-14,17H,3-7,12H2,1-2H3,(H,20,24);1H/b21-19-;. The van der Waals surface area contributed by atoms with E-state index in [0.717, 1.165) is 18.0 Å². The smallest absolute Gasteiger partial charge is 0.269 e. The molecule has 1 aromatic carbocycles. The summed E-state index contributed by atoms with van der Waals surface area (Å²) < 4.78 is 0. The Kier molecular flexibility index (Phi) is 8.12. The van der Waals surface area contributed by atoms with E-state index < -0.39 is 4.92 Å². The van der Waals surface area contributed by atoms with Crippen LogP contribution in [0.3, 0.4) is 0 Å². The van der Waals surface area contributed by atoms with Crippen molar-refractivity contribution in [2.24, 2.45) is 4.99 Å². The maximum atomic E-state index is 12.5. The molecule has 7 nitrogen and oxygen atoms in total. The van der Waals surface area contributed by atoms with Gasteiger partial charge in [0.2, 0.25) is 5.91 Å². The number of benzene rings is 1. The van der Waals surface area contributed by atoms with Gasteiger partial charge in [0.25, 0.3) is 5.69 Å². The number of rotatable bonds is 5. The maximum absolute atomic E-state index is 12.5. The third-order valence-electron chi connectivity index (χ3n) is 5.26. The van der Waals surface area contributed by atoms with E-state index in [1.165, 1.54) is 31.4 Å². The molecule has 1 aliphatic heterocycles. The molecule has 9 heteroatoms. The molecule has 1 N–H and O–H groups in total. The fourth-order valence-corrected chi connectivity index (χ4v) is 4.92. The average molecular weight is 427 g/mol. The highest BCUT2D eigenvalue weighted by Crippen LogP contribution is 2.34. The molecule has 0 aromatic heterocycles. The number of carbonyl (C=O) groups is 1. The monoisotopic (exact) mass is 426 g/mol. The molecule has 2 atom stereocenters. The number of nitro benzene ring substituents is 1. The Morgan fingerprint density at radius 2 is 1.93 bits per heavy atom. The molecule has 2 fully saturated rings. The number of halogens is 1. The van der Waals surface area contributed by atoms with Crippen molar-refractivity contribution in [3.63, 3.8) is 0 Å². The number of hydrogen-bond donors (Lipinski definition) is 1. The minimum Gasteiger partial charge on any atom is -0.350 e. The minimum absolute atomic E-state index is 0. The highest BCUT2D eigenvalue weighted by molar-refractivity contribution is 8.14. The molecule has 2 unspecified atom stereocenters. The summed E-state index contributed by atoms with van der Waals surface area (Å²) in [6.45, 7) is 2.13. The van der Waals surface area contributed by atoms with Gasteiger partial charge in [-0.2, -0.15) is 0 Å². The van der Waals surface area contributed by atoms with Gasteiger partial charge in [-0.15, -0.1) is 12.4 Å². The number of non-ortho nitro benzene ring substituents is 1. The van der Waals surface area contributed by atoms with Crippen LogP contribution >= 0.6 is 24.2 Å². The van der Waals surface area contributed by atoms with E-state index in [9.17, 15) is 14.9 Å². The van der Waals surface area contributed by atoms with Gasteiger partial charge in [0.15, 0.2) is 5.17 Å². The van der Waals surface area contributed by atoms with Gasteiger partial charge in [0, 0.05) is 36.5 Å². The molecule has 1 aliphatic carbocycles. The van der Waals surface area contributed by atoms with Crippen LogP contribution in [0.1, 0.15) is 45.4 Å². The Hall–Kier alpha value is -1.80. The van der Waals surface area contributed by atoms with Crippen LogP contribution in [0, 0.1) is 10.1 Å². The predicted molar refractivity (Wildman–Crippen MR) is 117 cm³/mol. The average Bonchev–Trinajstić information content (AvgIpc) is 2.90. The molecule has 28 heavy (non-hydrogen) atoms. The normalized spacial score (nSPS) is 24.1. The van der Waals surface area contributed by atoms with Gasteiger partial charge in [-0.3, -0.25) is 19.9 Å². The van der Waals surface area contributed by atoms with E-state index >= 15 is 0 Å². The van der Waals surface area contributed by atoms with Crippen molar-refractivity contribution in [3.05, 3.63) is 34.4 Å². The summed E-state index contributed by atoms with van der Waals surface area (Å²) in [6.07, 6.45) is 6.52. The van der Waals surface area contributed by atoms with E-state index in [0.29, 0.717) is 23.4 Å². The Balaban J connectivity index is 0.00000280. The summed E-state index contributed by atoms with van der Waals surface area (Å²) in [5.74, 6) is -0.0907. The Labute approximate surface area is 175 Å². The van der Waals surface area contributed by atoms with Crippen LogP contribution in [-0.4, -0.2) is 45.3 Å². The number of nitrogens with zero attached hydrogens (tertiary/aromatic N) is 3. The highest BCUT2D eigenvalue weighted by Gasteiger charge is 2.36. The van der Waals surface area contributed by atoms with Gasteiger partial charge in [0.1, 0.15) is 0 Å². The third-order valence-corrected chi connectivity index (χ3v) is 6.55. The minimum atomic E-state index is -0.453. The van der Waals surface area contributed by atoms with E-state index in [-0.39, 0.29) is 30.0 Å². The third kappa shape index (κ3) is 5.61. The van der Waals surface area contributed by atoms with E-state index in [2.05, 4.69) is 17.1 Å². The molecule has 0 spiro atoms. The number of amidine groups is 1. The van der Waals surface area contributed by atoms with Crippen LogP contribution in [0.15, 0.2) is 29.3 Å². The molecular weight excluding hydrogens is 400 g/mol. The number of nitrogens with one attached hydrogen (secondary N) is 1. The number of anilines is 1. The second kappa shape index (κ2) is 10.1. The van der Waals surface area contributed by atoms with Crippen LogP contribution < -0.4 is 5.32 Å². The lowest BCUT2D eigenvalue weighted by Gasteiger charge is -2.24. The molecule has 1 saturated heterocycles. The zero-order chi connectivity index (χ0) is 19.4. The van der Waals surface area contributed by atoms with E-state index in [1.54, 1.807) is 23.9 Å². The lowest BCUT2D eigenvalue weighted by Crippen LogP contribution is -2.36. The van der Waals surface area contributed by atoms with Crippen molar-refractivity contribution in [2.45, 2.75) is 62.8 Å². The Bertz CT molecular complexity index is 722. The van der Waals surface area contributed by atoms with Crippen molar-refractivity contribution in [2.75, 3.05) is 12.4 Å². The number of hydrogen-bond acceptors (Lipinski definition) is 5. The summed E-state index contributed by atoms with van der Waals surface area (Å²) in [5, 5.41) is 14.9. The van der Waals surface area contributed by atoms with E-state index in [1.807, 2.05) is 7.05 Å². The fraction of sp³-hybridized carbons (Fsp3) is 0.579. The number of carbonyl (C=O) groups excluding carboxylic acids is 1. The molecule has 0 radical (unpaired) electrons. The quantitative estimate of drug-likeness (QED) is 0.554. The Morgan fingerprint density at radius 1 is 1.29 bits per heavy atom. The first-order valence-electron chi connectivity index (χ1n) is 9.45. The van der Waals surface area contributed by atoms with E-state index in [4.69, 9.17) is 4.99 Å². The summed E-state index contributed by atoms with van der Waals surface area (Å²) in [5.41, 5.74) is 0.583. The predicted octanol–water partition coefficient (Wildman–Crippen LogP) is 4.47. The summed E-state index contributed by atoms with van der Waals surface area (Å²) in [7, 11) is 2.02. The largest absolute Gasteiger partial charge is 0.350 e. The van der Waals surface area contributed by atoms with Gasteiger partial charge in [-0.25, -0.2) is 0 Å². The maximum Gasteiger partial charge on any atom is 0.269 e. The second-order valence-electron chi connectivity index (χ2n) is 7.26. The van der Waals surface area contributed by atoms with Crippen LogP contribution in [0.5, 0.6) is 0 Å². The van der Waals surface area contributed by atoms with Gasteiger partial charge in [-0.1, -0.05) is 37.9 Å². The molecule has 0 bridgehead atoms. The number of aliphatic imine (C=N–C) groups is 1. The Morgan fingerprint density at radius 3 is 2.54 bits per heavy atom. The van der Waals surface area contributed by atoms with Crippen molar-refractivity contribution >= 4 is 46.6 Å². The van der Waals surface area contributed by atoms with Gasteiger partial charge >= 0.3 is 0 Å². The van der Waals surface area contributed by atoms with Gasteiger partial charge < -0.3 is 10.2 Å². The van der Waals surface area contributed by atoms with Gasteiger partial charge in [0.05, 0.1) is 17.0 Å². The van der Waals surface area contributed by atoms with Crippen molar-refractivity contribution in [3.8, 4) is 0 Å². The molecule has 1 heterocycles. The first-order valence-corrected chi connectivity index (χ1v) is 10.3. The van der Waals surface area contributed by atoms with Crippen LogP contribution in [0.25, 0.3) is 0 Å². The summed E-state index contributed by atoms with van der Waals surface area (Å²) in [6, 6.07) is 6.42. The molecule has 1 saturated carbocycles. The SMILES string of the molecule is CC1S/C(=N\C2CCCCC2)N(C)C1CC(=O)Nc1ccc([N+](=O)[O-])cc1.Cl. The van der Waals surface area contributed by atoms with Crippen molar-refractivity contribution < 1.29 is 9.72 Å². The van der Waals surface area contributed by atoms with Crippen LogP contribution in [-0.2, 0) is 4.79 Å². The van der Waals surface area contributed by atoms with Crippen LogP contribution in [0.2, 0.25) is 0 Å². The molecule has 2 aliphatic rings. The molecule has 1 aromatic rings.